The average molecular weight is 343 g/mol. The number of nitrogens with zero attached hydrogens (tertiary/aromatic N) is 2. The van der Waals surface area contributed by atoms with Crippen molar-refractivity contribution in [3.8, 4) is 0 Å². The molecule has 0 radical (unpaired) electrons. The highest BCUT2D eigenvalue weighted by Crippen LogP contribution is 2.24. The van der Waals surface area contributed by atoms with Crippen LogP contribution in [0.3, 0.4) is 0 Å². The summed E-state index contributed by atoms with van der Waals surface area (Å²) in [4.78, 5) is 19.5. The van der Waals surface area contributed by atoms with Gasteiger partial charge in [-0.25, -0.2) is 13.4 Å². The Kier molecular flexibility index (Phi) is 4.26. The minimum atomic E-state index is -3.08. The molecule has 1 amide bonds. The van der Waals surface area contributed by atoms with Crippen LogP contribution in [-0.4, -0.2) is 60.9 Å². The largest absolute Gasteiger partial charge is 0.346 e. The number of hydrogen-bond acceptors (Lipinski definition) is 6. The minimum Gasteiger partial charge on any atom is -0.346 e. The van der Waals surface area contributed by atoms with Crippen molar-refractivity contribution in [1.29, 1.82) is 0 Å². The Morgan fingerprint density at radius 3 is 2.55 bits per heavy atom. The summed E-state index contributed by atoms with van der Waals surface area (Å²) in [6.45, 7) is 5.51. The van der Waals surface area contributed by atoms with Crippen LogP contribution in [0.25, 0.3) is 0 Å². The Labute approximate surface area is 134 Å². The van der Waals surface area contributed by atoms with E-state index in [0.29, 0.717) is 10.6 Å². The molecule has 8 heteroatoms. The molecule has 2 saturated heterocycles. The smallest absolute Gasteiger partial charge is 0.263 e. The predicted octanol–water partition coefficient (Wildman–Crippen LogP) is 0.751. The van der Waals surface area contributed by atoms with Gasteiger partial charge in [0.1, 0.15) is 4.88 Å². The molecule has 0 spiro atoms. The number of amides is 1. The second kappa shape index (κ2) is 5.90. The summed E-state index contributed by atoms with van der Waals surface area (Å²) in [5, 5.41) is 3.79. The Morgan fingerprint density at radius 1 is 1.27 bits per heavy atom. The Balaban J connectivity index is 1.77. The maximum atomic E-state index is 12.5. The Morgan fingerprint density at radius 2 is 1.95 bits per heavy atom. The summed E-state index contributed by atoms with van der Waals surface area (Å²) in [6.07, 6.45) is 2.20. The summed E-state index contributed by atoms with van der Waals surface area (Å²) in [5.41, 5.74) is 0.707. The lowest BCUT2D eigenvalue weighted by Crippen LogP contribution is -2.50. The maximum absolute atomic E-state index is 12.5. The van der Waals surface area contributed by atoms with Crippen molar-refractivity contribution in [1.82, 2.24) is 15.2 Å². The van der Waals surface area contributed by atoms with Gasteiger partial charge in [0, 0.05) is 6.04 Å². The summed E-state index contributed by atoms with van der Waals surface area (Å²) >= 11 is 1.35. The highest BCUT2D eigenvalue weighted by Gasteiger charge is 2.42. The molecule has 2 aliphatic heterocycles. The molecule has 6 nitrogen and oxygen atoms in total. The van der Waals surface area contributed by atoms with Gasteiger partial charge in [-0.2, -0.15) is 0 Å². The van der Waals surface area contributed by atoms with Crippen molar-refractivity contribution in [3.05, 3.63) is 15.6 Å². The lowest BCUT2D eigenvalue weighted by molar-refractivity contribution is 0.0922. The molecule has 122 valence electrons. The van der Waals surface area contributed by atoms with Crippen LogP contribution in [0.4, 0.5) is 0 Å². The average Bonchev–Trinajstić information content (AvgIpc) is 3.09. The van der Waals surface area contributed by atoms with Crippen LogP contribution in [0, 0.1) is 13.8 Å². The van der Waals surface area contributed by atoms with E-state index in [4.69, 9.17) is 0 Å². The van der Waals surface area contributed by atoms with E-state index in [1.54, 1.807) is 0 Å². The molecule has 22 heavy (non-hydrogen) atoms. The van der Waals surface area contributed by atoms with Gasteiger partial charge in [-0.3, -0.25) is 9.69 Å². The third-order valence-electron chi connectivity index (χ3n) is 4.36. The second-order valence-corrected chi connectivity index (χ2v) is 9.47. The topological polar surface area (TPSA) is 79.4 Å². The number of nitrogens with one attached hydrogen (secondary N) is 1. The molecule has 0 saturated carbocycles. The van der Waals surface area contributed by atoms with E-state index in [9.17, 15) is 13.2 Å². The summed E-state index contributed by atoms with van der Waals surface area (Å²) < 4.78 is 24.0. The zero-order valence-corrected chi connectivity index (χ0v) is 14.5. The van der Waals surface area contributed by atoms with Crippen molar-refractivity contribution < 1.29 is 13.2 Å². The fourth-order valence-electron chi connectivity index (χ4n) is 3.38. The molecule has 1 N–H and O–H groups in total. The van der Waals surface area contributed by atoms with Gasteiger partial charge in [0.15, 0.2) is 9.84 Å². The number of aryl methyl sites for hydroxylation is 2. The molecular formula is C14H21N3O3S2. The first-order valence-electron chi connectivity index (χ1n) is 7.55. The number of aromatic nitrogens is 1. The van der Waals surface area contributed by atoms with Gasteiger partial charge < -0.3 is 5.32 Å². The minimum absolute atomic E-state index is 0.0384. The number of likely N-dealkylation sites (tertiary alicyclic amines) is 1. The van der Waals surface area contributed by atoms with E-state index in [1.807, 2.05) is 13.8 Å². The number of carbonyl (C=O) groups is 1. The molecule has 0 unspecified atom stereocenters. The van der Waals surface area contributed by atoms with E-state index in [1.165, 1.54) is 11.3 Å². The molecule has 1 aromatic heterocycles. The molecule has 0 bridgehead atoms. The van der Waals surface area contributed by atoms with Crippen LogP contribution in [0.5, 0.6) is 0 Å². The molecule has 3 rings (SSSR count). The van der Waals surface area contributed by atoms with Gasteiger partial charge in [-0.05, 0) is 39.8 Å². The van der Waals surface area contributed by atoms with Crippen LogP contribution in [0.15, 0.2) is 0 Å². The van der Waals surface area contributed by atoms with Gasteiger partial charge in [0.2, 0.25) is 0 Å². The van der Waals surface area contributed by atoms with Gasteiger partial charge in [0.05, 0.1) is 28.2 Å². The lowest BCUT2D eigenvalue weighted by Gasteiger charge is -2.28. The fourth-order valence-corrected chi connectivity index (χ4v) is 6.15. The first-order chi connectivity index (χ1) is 10.4. The van der Waals surface area contributed by atoms with Gasteiger partial charge in [-0.1, -0.05) is 0 Å². The third kappa shape index (κ3) is 3.18. The van der Waals surface area contributed by atoms with Crippen molar-refractivity contribution in [2.45, 2.75) is 38.8 Å². The van der Waals surface area contributed by atoms with Gasteiger partial charge in [-0.15, -0.1) is 11.3 Å². The second-order valence-electron chi connectivity index (χ2n) is 6.11. The molecule has 2 aliphatic rings. The van der Waals surface area contributed by atoms with Crippen molar-refractivity contribution in [3.63, 3.8) is 0 Å². The number of rotatable bonds is 3. The van der Waals surface area contributed by atoms with E-state index in [-0.39, 0.29) is 29.5 Å². The van der Waals surface area contributed by atoms with E-state index in [0.717, 1.165) is 30.9 Å². The number of sulfone groups is 1. The quantitative estimate of drug-likeness (QED) is 0.876. The molecule has 0 aliphatic carbocycles. The van der Waals surface area contributed by atoms with E-state index >= 15 is 0 Å². The van der Waals surface area contributed by atoms with E-state index < -0.39 is 9.84 Å². The fraction of sp³-hybridized carbons (Fsp3) is 0.714. The lowest BCUT2D eigenvalue weighted by atomic mass is 10.1. The van der Waals surface area contributed by atoms with Crippen LogP contribution in [0.2, 0.25) is 0 Å². The molecule has 1 aromatic rings. The predicted molar refractivity (Wildman–Crippen MR) is 86.1 cm³/mol. The van der Waals surface area contributed by atoms with Crippen molar-refractivity contribution >= 4 is 27.1 Å². The molecular weight excluding hydrogens is 322 g/mol. The van der Waals surface area contributed by atoms with Crippen molar-refractivity contribution in [2.75, 3.05) is 24.6 Å². The summed E-state index contributed by atoms with van der Waals surface area (Å²) in [6, 6.07) is -0.414. The zero-order chi connectivity index (χ0) is 15.9. The third-order valence-corrected chi connectivity index (χ3v) is 7.15. The number of hydrogen-bond donors (Lipinski definition) is 1. The van der Waals surface area contributed by atoms with Gasteiger partial charge >= 0.3 is 0 Å². The molecule has 2 atom stereocenters. The first kappa shape index (κ1) is 15.9. The highest BCUT2D eigenvalue weighted by atomic mass is 32.2. The zero-order valence-electron chi connectivity index (χ0n) is 12.8. The summed E-state index contributed by atoms with van der Waals surface area (Å²) in [5.74, 6) is -0.00976. The van der Waals surface area contributed by atoms with Crippen LogP contribution >= 0.6 is 11.3 Å². The van der Waals surface area contributed by atoms with Crippen molar-refractivity contribution in [2.24, 2.45) is 0 Å². The highest BCUT2D eigenvalue weighted by molar-refractivity contribution is 7.91. The van der Waals surface area contributed by atoms with Crippen LogP contribution < -0.4 is 5.32 Å². The molecule has 2 fully saturated rings. The SMILES string of the molecule is Cc1nc(C)c(C(=O)N[C@@H]2CS(=O)(=O)C[C@H]2N2CCCC2)s1. The molecule has 3 heterocycles. The Hall–Kier alpha value is -0.990. The Bertz CT molecular complexity index is 678. The maximum Gasteiger partial charge on any atom is 0.263 e. The van der Waals surface area contributed by atoms with Crippen LogP contribution in [-0.2, 0) is 9.84 Å². The normalized spacial score (nSPS) is 28.1. The van der Waals surface area contributed by atoms with Gasteiger partial charge in [0.25, 0.3) is 5.91 Å². The monoisotopic (exact) mass is 343 g/mol. The van der Waals surface area contributed by atoms with E-state index in [2.05, 4.69) is 15.2 Å². The molecule has 0 aromatic carbocycles. The van der Waals surface area contributed by atoms with Crippen LogP contribution in [0.1, 0.15) is 33.2 Å². The summed E-state index contributed by atoms with van der Waals surface area (Å²) in [7, 11) is -3.08. The number of carbonyl (C=O) groups excluding carboxylic acids is 1. The first-order valence-corrected chi connectivity index (χ1v) is 10.2. The number of thiazole rings is 1. The standard InChI is InChI=1S/C14H21N3O3S2/c1-9-13(21-10(2)15-9)14(18)16-11-7-22(19,20)8-12(11)17-5-3-4-6-17/h11-12H,3-8H2,1-2H3,(H,16,18)/t11-,12-/m1/s1.